The Morgan fingerprint density at radius 2 is 1.97 bits per heavy atom. The molecule has 1 aliphatic rings. The number of carbonyl (C=O) groups is 1. The molecule has 4 rings (SSSR count). The number of hydrogen-bond acceptors (Lipinski definition) is 8. The van der Waals surface area contributed by atoms with Crippen LogP contribution in [0.5, 0.6) is 0 Å². The van der Waals surface area contributed by atoms with E-state index in [0.717, 1.165) is 48.0 Å². The average Bonchev–Trinajstić information content (AvgIpc) is 3.14. The number of nitrogens with one attached hydrogen (secondary N) is 1. The molecule has 1 amide bonds. The summed E-state index contributed by atoms with van der Waals surface area (Å²) in [5, 5.41) is 3.93. The Bertz CT molecular complexity index is 982. The maximum Gasteiger partial charge on any atom is 0.252 e. The molecule has 1 N–H and O–H groups in total. The van der Waals surface area contributed by atoms with Crippen LogP contribution in [0, 0.1) is 6.92 Å². The van der Waals surface area contributed by atoms with E-state index < -0.39 is 0 Å². The molecule has 152 valence electrons. The highest BCUT2D eigenvalue weighted by Gasteiger charge is 2.21. The van der Waals surface area contributed by atoms with Gasteiger partial charge in [0.25, 0.3) is 5.91 Å². The molecule has 1 fully saturated rings. The van der Waals surface area contributed by atoms with Crippen molar-refractivity contribution >= 4 is 39.1 Å². The van der Waals surface area contributed by atoms with E-state index in [2.05, 4.69) is 43.1 Å². The van der Waals surface area contributed by atoms with E-state index in [4.69, 9.17) is 4.74 Å². The molecule has 0 unspecified atom stereocenters. The quantitative estimate of drug-likeness (QED) is 0.621. The summed E-state index contributed by atoms with van der Waals surface area (Å²) in [4.78, 5) is 32.3. The Hall–Kier alpha value is -2.78. The van der Waals surface area contributed by atoms with Crippen LogP contribution < -0.4 is 15.1 Å². The number of hydrogen-bond donors (Lipinski definition) is 1. The molecule has 8 nitrogen and oxygen atoms in total. The highest BCUT2D eigenvalue weighted by Crippen LogP contribution is 2.30. The van der Waals surface area contributed by atoms with Crippen LogP contribution in [0.25, 0.3) is 10.2 Å². The summed E-state index contributed by atoms with van der Waals surface area (Å²) in [5.74, 6) is 1.76. The van der Waals surface area contributed by atoms with E-state index in [9.17, 15) is 4.79 Å². The number of carbonyl (C=O) groups excluding carboxylic acids is 1. The molecular formula is C20H24N6O2S. The molecule has 29 heavy (non-hydrogen) atoms. The number of ether oxygens (including phenoxy) is 1. The zero-order valence-corrected chi connectivity index (χ0v) is 17.4. The van der Waals surface area contributed by atoms with Crippen molar-refractivity contribution < 1.29 is 9.53 Å². The van der Waals surface area contributed by atoms with Gasteiger partial charge in [-0.3, -0.25) is 4.79 Å². The summed E-state index contributed by atoms with van der Waals surface area (Å²) in [6.45, 7) is 6.50. The van der Waals surface area contributed by atoms with Gasteiger partial charge in [0.2, 0.25) is 0 Å². The SMILES string of the molecule is COCCNC(=O)c1ccc(N2CCN(c3ncnc4sc(C)cc34)CC2)nc1. The number of nitrogens with zero attached hydrogens (tertiary/aromatic N) is 5. The third kappa shape index (κ3) is 4.30. The third-order valence-electron chi connectivity index (χ3n) is 4.94. The largest absolute Gasteiger partial charge is 0.383 e. The first-order chi connectivity index (χ1) is 14.2. The van der Waals surface area contributed by atoms with Crippen LogP contribution in [0.2, 0.25) is 0 Å². The summed E-state index contributed by atoms with van der Waals surface area (Å²) in [6.07, 6.45) is 3.28. The maximum atomic E-state index is 12.1. The van der Waals surface area contributed by atoms with Crippen LogP contribution in [0.4, 0.5) is 11.6 Å². The van der Waals surface area contributed by atoms with Crippen LogP contribution in [-0.2, 0) is 4.74 Å². The molecule has 3 aromatic heterocycles. The number of aryl methyl sites for hydroxylation is 1. The van der Waals surface area contributed by atoms with Crippen molar-refractivity contribution in [2.24, 2.45) is 0 Å². The Balaban J connectivity index is 1.38. The van der Waals surface area contributed by atoms with Crippen LogP contribution >= 0.6 is 11.3 Å². The van der Waals surface area contributed by atoms with Gasteiger partial charge in [-0.05, 0) is 25.1 Å². The first-order valence-corrected chi connectivity index (χ1v) is 10.4. The zero-order chi connectivity index (χ0) is 20.2. The number of methoxy groups -OCH3 is 1. The van der Waals surface area contributed by atoms with Gasteiger partial charge in [-0.25, -0.2) is 15.0 Å². The monoisotopic (exact) mass is 412 g/mol. The lowest BCUT2D eigenvalue weighted by atomic mass is 10.2. The van der Waals surface area contributed by atoms with Gasteiger partial charge < -0.3 is 19.9 Å². The van der Waals surface area contributed by atoms with Gasteiger partial charge in [0.15, 0.2) is 0 Å². The zero-order valence-electron chi connectivity index (χ0n) is 16.6. The lowest BCUT2D eigenvalue weighted by Gasteiger charge is -2.36. The summed E-state index contributed by atoms with van der Waals surface area (Å²) >= 11 is 1.70. The van der Waals surface area contributed by atoms with Gasteiger partial charge in [-0.2, -0.15) is 0 Å². The molecule has 0 spiro atoms. The Morgan fingerprint density at radius 1 is 1.17 bits per heavy atom. The normalized spacial score (nSPS) is 14.4. The fraction of sp³-hybridized carbons (Fsp3) is 0.400. The molecule has 9 heteroatoms. The molecule has 1 saturated heterocycles. The molecule has 3 aromatic rings. The standard InChI is InChI=1S/C20H24N6O2S/c1-14-11-16-18(23-13-24-20(16)29-14)26-8-6-25(7-9-26)17-4-3-15(12-22-17)19(27)21-5-10-28-2/h3-4,11-13H,5-10H2,1-2H3,(H,21,27). The van der Waals surface area contributed by atoms with Gasteiger partial charge >= 0.3 is 0 Å². The fourth-order valence-corrected chi connectivity index (χ4v) is 4.28. The lowest BCUT2D eigenvalue weighted by Crippen LogP contribution is -2.47. The van der Waals surface area contributed by atoms with Crippen LogP contribution in [0.3, 0.4) is 0 Å². The first-order valence-electron chi connectivity index (χ1n) is 9.60. The van der Waals surface area contributed by atoms with E-state index in [1.165, 1.54) is 4.88 Å². The Labute approximate surface area is 173 Å². The van der Waals surface area contributed by atoms with Crippen molar-refractivity contribution in [3.8, 4) is 0 Å². The minimum atomic E-state index is -0.134. The highest BCUT2D eigenvalue weighted by molar-refractivity contribution is 7.18. The second-order valence-electron chi connectivity index (χ2n) is 6.90. The van der Waals surface area contributed by atoms with E-state index in [0.29, 0.717) is 18.7 Å². The maximum absolute atomic E-state index is 12.1. The van der Waals surface area contributed by atoms with E-state index in [-0.39, 0.29) is 5.91 Å². The lowest BCUT2D eigenvalue weighted by molar-refractivity contribution is 0.0937. The number of anilines is 2. The van der Waals surface area contributed by atoms with Crippen LogP contribution in [-0.4, -0.2) is 67.3 Å². The van der Waals surface area contributed by atoms with Gasteiger partial charge in [-0.15, -0.1) is 11.3 Å². The summed E-state index contributed by atoms with van der Waals surface area (Å²) in [7, 11) is 1.61. The molecule has 4 heterocycles. The van der Waals surface area contributed by atoms with E-state index in [1.807, 2.05) is 12.1 Å². The molecule has 0 atom stereocenters. The van der Waals surface area contributed by atoms with Crippen molar-refractivity contribution in [1.82, 2.24) is 20.3 Å². The molecule has 1 aliphatic heterocycles. The molecular weight excluding hydrogens is 388 g/mol. The smallest absolute Gasteiger partial charge is 0.252 e. The van der Waals surface area contributed by atoms with Crippen molar-refractivity contribution in [2.75, 3.05) is 56.2 Å². The number of piperazine rings is 1. The van der Waals surface area contributed by atoms with Crippen LogP contribution in [0.15, 0.2) is 30.7 Å². The van der Waals surface area contributed by atoms with Gasteiger partial charge in [0.05, 0.1) is 17.6 Å². The third-order valence-corrected chi connectivity index (χ3v) is 5.90. The summed E-state index contributed by atoms with van der Waals surface area (Å²) in [6, 6.07) is 5.89. The van der Waals surface area contributed by atoms with Crippen molar-refractivity contribution in [1.29, 1.82) is 0 Å². The van der Waals surface area contributed by atoms with Crippen molar-refractivity contribution in [3.05, 3.63) is 41.2 Å². The first kappa shape index (κ1) is 19.5. The number of pyridine rings is 1. The van der Waals surface area contributed by atoms with Gasteiger partial charge in [-0.1, -0.05) is 0 Å². The van der Waals surface area contributed by atoms with Crippen LogP contribution in [0.1, 0.15) is 15.2 Å². The summed E-state index contributed by atoms with van der Waals surface area (Å²) in [5.41, 5.74) is 0.555. The fourth-order valence-electron chi connectivity index (χ4n) is 3.44. The highest BCUT2D eigenvalue weighted by atomic mass is 32.1. The number of fused-ring (bicyclic) bond motifs is 1. The topological polar surface area (TPSA) is 83.5 Å². The molecule has 0 radical (unpaired) electrons. The average molecular weight is 413 g/mol. The minimum Gasteiger partial charge on any atom is -0.383 e. The molecule has 0 aliphatic carbocycles. The molecule has 0 bridgehead atoms. The molecule has 0 saturated carbocycles. The Kier molecular flexibility index (Phi) is 5.86. The number of amides is 1. The number of thiophene rings is 1. The van der Waals surface area contributed by atoms with Gasteiger partial charge in [0, 0.05) is 50.9 Å². The molecule has 0 aromatic carbocycles. The second-order valence-corrected chi connectivity index (χ2v) is 8.14. The summed E-state index contributed by atoms with van der Waals surface area (Å²) < 4.78 is 4.94. The second kappa shape index (κ2) is 8.71. The predicted octanol–water partition coefficient (Wildman–Crippen LogP) is 2.10. The number of aromatic nitrogens is 3. The van der Waals surface area contributed by atoms with Crippen molar-refractivity contribution in [2.45, 2.75) is 6.92 Å². The Morgan fingerprint density at radius 3 is 2.69 bits per heavy atom. The van der Waals surface area contributed by atoms with Crippen molar-refractivity contribution in [3.63, 3.8) is 0 Å². The van der Waals surface area contributed by atoms with Gasteiger partial charge in [0.1, 0.15) is 22.8 Å². The van der Waals surface area contributed by atoms with E-state index >= 15 is 0 Å². The minimum absolute atomic E-state index is 0.134. The van der Waals surface area contributed by atoms with E-state index in [1.54, 1.807) is 31.0 Å². The number of rotatable bonds is 6. The predicted molar refractivity (Wildman–Crippen MR) is 115 cm³/mol.